The first-order valence-electron chi connectivity index (χ1n) is 8.35. The number of primary amides is 1. The van der Waals surface area contributed by atoms with E-state index in [2.05, 4.69) is 10.6 Å². The largest absolute Gasteiger partial charge is 0.445 e. The topological polar surface area (TPSA) is 128 Å². The number of alkyl carbamates (subject to hydrolysis) is 1. The molecule has 0 aromatic heterocycles. The summed E-state index contributed by atoms with van der Waals surface area (Å²) in [5.41, 5.74) is 5.82. The smallest absolute Gasteiger partial charge is 0.408 e. The van der Waals surface area contributed by atoms with Gasteiger partial charge in [-0.05, 0) is 12.5 Å². The molecule has 4 N–H and O–H groups in total. The Bertz CT molecular complexity index is 633. The SMILES string of the molecule is C[C@H](CC(=O)[C@H](C)NC(=O)OCc1ccccc1)C(=O)NCCC(N)=O. The second-order valence-corrected chi connectivity index (χ2v) is 6.01. The third kappa shape index (κ3) is 8.27. The van der Waals surface area contributed by atoms with Crippen molar-refractivity contribution in [3.63, 3.8) is 0 Å². The van der Waals surface area contributed by atoms with E-state index in [-0.39, 0.29) is 37.7 Å². The van der Waals surface area contributed by atoms with Crippen LogP contribution in [0, 0.1) is 5.92 Å². The molecule has 26 heavy (non-hydrogen) atoms. The van der Waals surface area contributed by atoms with Gasteiger partial charge in [-0.25, -0.2) is 4.79 Å². The van der Waals surface area contributed by atoms with Gasteiger partial charge < -0.3 is 21.1 Å². The molecule has 0 aliphatic rings. The zero-order chi connectivity index (χ0) is 19.5. The van der Waals surface area contributed by atoms with Crippen molar-refractivity contribution in [2.24, 2.45) is 11.7 Å². The predicted octanol–water partition coefficient (Wildman–Crippen LogP) is 0.888. The minimum Gasteiger partial charge on any atom is -0.445 e. The monoisotopic (exact) mass is 363 g/mol. The fourth-order valence-corrected chi connectivity index (χ4v) is 2.08. The van der Waals surface area contributed by atoms with Gasteiger partial charge in [-0.2, -0.15) is 0 Å². The van der Waals surface area contributed by atoms with Crippen LogP contribution in [0.5, 0.6) is 0 Å². The average Bonchev–Trinajstić information content (AvgIpc) is 2.60. The number of carbonyl (C=O) groups is 4. The number of nitrogens with two attached hydrogens (primary N) is 1. The summed E-state index contributed by atoms with van der Waals surface area (Å²) in [7, 11) is 0. The molecule has 0 saturated carbocycles. The lowest BCUT2D eigenvalue weighted by atomic mass is 10.00. The van der Waals surface area contributed by atoms with Crippen molar-refractivity contribution < 1.29 is 23.9 Å². The van der Waals surface area contributed by atoms with Gasteiger partial charge in [0.2, 0.25) is 11.8 Å². The highest BCUT2D eigenvalue weighted by atomic mass is 16.5. The molecule has 8 nitrogen and oxygen atoms in total. The number of benzene rings is 1. The van der Waals surface area contributed by atoms with Crippen LogP contribution in [0.15, 0.2) is 30.3 Å². The van der Waals surface area contributed by atoms with E-state index >= 15 is 0 Å². The van der Waals surface area contributed by atoms with Crippen LogP contribution in [-0.4, -0.2) is 36.3 Å². The van der Waals surface area contributed by atoms with E-state index in [4.69, 9.17) is 10.5 Å². The van der Waals surface area contributed by atoms with Crippen LogP contribution < -0.4 is 16.4 Å². The number of ether oxygens (including phenoxy) is 1. The number of ketones is 1. The number of hydrogen-bond acceptors (Lipinski definition) is 5. The molecule has 2 atom stereocenters. The lowest BCUT2D eigenvalue weighted by Gasteiger charge is -2.16. The van der Waals surface area contributed by atoms with Gasteiger partial charge in [0.25, 0.3) is 0 Å². The number of rotatable bonds is 10. The maximum atomic E-state index is 12.1. The number of nitrogens with one attached hydrogen (secondary N) is 2. The van der Waals surface area contributed by atoms with E-state index < -0.39 is 24.0 Å². The molecule has 0 bridgehead atoms. The van der Waals surface area contributed by atoms with Crippen molar-refractivity contribution in [2.45, 2.75) is 39.3 Å². The molecule has 3 amide bonds. The fraction of sp³-hybridized carbons (Fsp3) is 0.444. The van der Waals surface area contributed by atoms with Crippen molar-refractivity contribution in [2.75, 3.05) is 6.54 Å². The molecule has 0 fully saturated rings. The Kier molecular flexibility index (Phi) is 8.83. The minimum atomic E-state index is -0.779. The first kappa shape index (κ1) is 21.1. The van der Waals surface area contributed by atoms with Gasteiger partial charge in [-0.15, -0.1) is 0 Å². The molecule has 0 spiro atoms. The van der Waals surface area contributed by atoms with Crippen molar-refractivity contribution in [1.82, 2.24) is 10.6 Å². The summed E-state index contributed by atoms with van der Waals surface area (Å²) < 4.78 is 5.05. The van der Waals surface area contributed by atoms with Crippen molar-refractivity contribution in [3.05, 3.63) is 35.9 Å². The highest BCUT2D eigenvalue weighted by Gasteiger charge is 2.22. The van der Waals surface area contributed by atoms with Crippen LogP contribution in [-0.2, 0) is 25.7 Å². The fourth-order valence-electron chi connectivity index (χ4n) is 2.08. The number of carbonyl (C=O) groups excluding carboxylic acids is 4. The zero-order valence-electron chi connectivity index (χ0n) is 15.0. The van der Waals surface area contributed by atoms with Gasteiger partial charge >= 0.3 is 6.09 Å². The van der Waals surface area contributed by atoms with E-state index in [0.717, 1.165) is 5.56 Å². The van der Waals surface area contributed by atoms with Crippen LogP contribution in [0.3, 0.4) is 0 Å². The van der Waals surface area contributed by atoms with Gasteiger partial charge in [0, 0.05) is 25.3 Å². The highest BCUT2D eigenvalue weighted by Crippen LogP contribution is 2.06. The van der Waals surface area contributed by atoms with Crippen LogP contribution >= 0.6 is 0 Å². The Labute approximate surface area is 152 Å². The second kappa shape index (κ2) is 10.9. The molecule has 0 heterocycles. The Morgan fingerprint density at radius 2 is 1.77 bits per heavy atom. The molecule has 142 valence electrons. The second-order valence-electron chi connectivity index (χ2n) is 6.01. The number of Topliss-reactive ketones (excluding diaryl/α,β-unsaturated/α-hetero) is 1. The Morgan fingerprint density at radius 3 is 2.38 bits per heavy atom. The molecule has 0 aliphatic heterocycles. The van der Waals surface area contributed by atoms with Gasteiger partial charge in [0.1, 0.15) is 6.61 Å². The van der Waals surface area contributed by atoms with Crippen molar-refractivity contribution >= 4 is 23.7 Å². The molecule has 0 saturated heterocycles. The van der Waals surface area contributed by atoms with Crippen LogP contribution in [0.4, 0.5) is 4.79 Å². The Hall–Kier alpha value is -2.90. The van der Waals surface area contributed by atoms with Gasteiger partial charge in [-0.3, -0.25) is 14.4 Å². The predicted molar refractivity (Wildman–Crippen MR) is 94.8 cm³/mol. The van der Waals surface area contributed by atoms with Crippen LogP contribution in [0.2, 0.25) is 0 Å². The van der Waals surface area contributed by atoms with E-state index in [9.17, 15) is 19.2 Å². The normalized spacial score (nSPS) is 12.5. The van der Waals surface area contributed by atoms with Crippen molar-refractivity contribution in [3.8, 4) is 0 Å². The summed E-state index contributed by atoms with van der Waals surface area (Å²) in [5, 5.41) is 4.98. The summed E-state index contributed by atoms with van der Waals surface area (Å²) in [6.45, 7) is 3.36. The highest BCUT2D eigenvalue weighted by molar-refractivity contribution is 5.91. The van der Waals surface area contributed by atoms with Gasteiger partial charge in [0.15, 0.2) is 5.78 Å². The summed E-state index contributed by atoms with van der Waals surface area (Å²) in [6.07, 6.45) is -0.701. The van der Waals surface area contributed by atoms with E-state index in [1.165, 1.54) is 6.92 Å². The standard InChI is InChI=1S/C18H25N3O5/c1-12(17(24)20-9-8-16(19)23)10-15(22)13(2)21-18(25)26-11-14-6-4-3-5-7-14/h3-7,12-13H,8-11H2,1-2H3,(H2,19,23)(H,20,24)(H,21,25)/t12-,13+/m1/s1. The first-order valence-corrected chi connectivity index (χ1v) is 8.35. The Morgan fingerprint density at radius 1 is 1.12 bits per heavy atom. The van der Waals surface area contributed by atoms with Gasteiger partial charge in [-0.1, -0.05) is 37.3 Å². The van der Waals surface area contributed by atoms with E-state index in [0.29, 0.717) is 0 Å². The van der Waals surface area contributed by atoms with Crippen LogP contribution in [0.1, 0.15) is 32.3 Å². The van der Waals surface area contributed by atoms with Crippen LogP contribution in [0.25, 0.3) is 0 Å². The molecule has 8 heteroatoms. The molecule has 1 rings (SSSR count). The molecule has 0 aliphatic carbocycles. The summed E-state index contributed by atoms with van der Waals surface area (Å²) in [6, 6.07) is 8.38. The summed E-state index contributed by atoms with van der Waals surface area (Å²) in [5.74, 6) is -1.74. The minimum absolute atomic E-state index is 0.0392. The zero-order valence-corrected chi connectivity index (χ0v) is 15.0. The first-order chi connectivity index (χ1) is 12.3. The summed E-state index contributed by atoms with van der Waals surface area (Å²) >= 11 is 0. The Balaban J connectivity index is 2.33. The number of hydrogen-bond donors (Lipinski definition) is 3. The molecular weight excluding hydrogens is 338 g/mol. The lowest BCUT2D eigenvalue weighted by Crippen LogP contribution is -2.41. The van der Waals surface area contributed by atoms with E-state index in [1.54, 1.807) is 6.92 Å². The lowest BCUT2D eigenvalue weighted by molar-refractivity contribution is -0.129. The molecular formula is C18H25N3O5. The number of amides is 3. The average molecular weight is 363 g/mol. The molecule has 1 aromatic rings. The maximum Gasteiger partial charge on any atom is 0.408 e. The van der Waals surface area contributed by atoms with Crippen molar-refractivity contribution in [1.29, 1.82) is 0 Å². The maximum absolute atomic E-state index is 12.1. The quantitative estimate of drug-likeness (QED) is 0.569. The summed E-state index contributed by atoms with van der Waals surface area (Å²) in [4.78, 5) is 46.3. The third-order valence-corrected chi connectivity index (χ3v) is 3.66. The molecule has 0 unspecified atom stereocenters. The molecule has 0 radical (unpaired) electrons. The molecule has 1 aromatic carbocycles. The van der Waals surface area contributed by atoms with Gasteiger partial charge in [0.05, 0.1) is 6.04 Å². The third-order valence-electron chi connectivity index (χ3n) is 3.66. The van der Waals surface area contributed by atoms with E-state index in [1.807, 2.05) is 30.3 Å².